The van der Waals surface area contributed by atoms with Crippen molar-refractivity contribution in [2.75, 3.05) is 19.8 Å². The first kappa shape index (κ1) is 13.8. The van der Waals surface area contributed by atoms with Crippen molar-refractivity contribution in [2.45, 2.75) is 82.0 Å². The topological polar surface area (TPSA) is 30.5 Å². The molecule has 3 heteroatoms. The van der Waals surface area contributed by atoms with Crippen LogP contribution < -0.4 is 5.32 Å². The fourth-order valence-corrected chi connectivity index (χ4v) is 4.08. The van der Waals surface area contributed by atoms with E-state index in [1.54, 1.807) is 0 Å². The van der Waals surface area contributed by atoms with Crippen LogP contribution in [0.15, 0.2) is 0 Å². The van der Waals surface area contributed by atoms with Crippen LogP contribution in [0.4, 0.5) is 0 Å². The van der Waals surface area contributed by atoms with E-state index >= 15 is 0 Å². The highest BCUT2D eigenvalue weighted by atomic mass is 16.5. The van der Waals surface area contributed by atoms with Crippen LogP contribution in [0.3, 0.4) is 0 Å². The van der Waals surface area contributed by atoms with Gasteiger partial charge >= 0.3 is 0 Å². The summed E-state index contributed by atoms with van der Waals surface area (Å²) >= 11 is 0. The highest BCUT2D eigenvalue weighted by molar-refractivity contribution is 4.93. The van der Waals surface area contributed by atoms with Crippen molar-refractivity contribution in [3.05, 3.63) is 0 Å². The van der Waals surface area contributed by atoms with Gasteiger partial charge < -0.3 is 14.8 Å². The summed E-state index contributed by atoms with van der Waals surface area (Å²) in [5.74, 6) is 0. The third-order valence-electron chi connectivity index (χ3n) is 5.32. The molecule has 3 aliphatic rings. The second kappa shape index (κ2) is 5.71. The summed E-state index contributed by atoms with van der Waals surface area (Å²) in [5, 5.41) is 3.77. The summed E-state index contributed by atoms with van der Waals surface area (Å²) in [4.78, 5) is 0. The smallest absolute Gasteiger partial charge is 0.0779 e. The molecule has 110 valence electrons. The van der Waals surface area contributed by atoms with Gasteiger partial charge in [-0.25, -0.2) is 0 Å². The van der Waals surface area contributed by atoms with E-state index in [0.29, 0.717) is 6.04 Å². The monoisotopic (exact) mass is 267 g/mol. The molecule has 0 aromatic rings. The van der Waals surface area contributed by atoms with Gasteiger partial charge in [-0.15, -0.1) is 0 Å². The zero-order chi connectivity index (χ0) is 13.2. The van der Waals surface area contributed by atoms with Gasteiger partial charge in [0.25, 0.3) is 0 Å². The average molecular weight is 267 g/mol. The normalized spacial score (nSPS) is 38.7. The molecular weight excluding hydrogens is 238 g/mol. The molecule has 1 spiro atoms. The van der Waals surface area contributed by atoms with E-state index in [1.807, 2.05) is 0 Å². The van der Waals surface area contributed by atoms with Crippen LogP contribution in [0.2, 0.25) is 0 Å². The number of ether oxygens (including phenoxy) is 2. The molecule has 3 fully saturated rings. The SMILES string of the molecule is CC1(CNC2CCOC3(CCCCC3)C2)CCCO1. The van der Waals surface area contributed by atoms with E-state index < -0.39 is 0 Å². The van der Waals surface area contributed by atoms with Gasteiger partial charge in [-0.1, -0.05) is 19.3 Å². The molecule has 0 aromatic carbocycles. The van der Waals surface area contributed by atoms with Crippen LogP contribution in [0, 0.1) is 0 Å². The summed E-state index contributed by atoms with van der Waals surface area (Å²) < 4.78 is 12.0. The largest absolute Gasteiger partial charge is 0.375 e. The van der Waals surface area contributed by atoms with E-state index in [-0.39, 0.29) is 11.2 Å². The molecule has 2 heterocycles. The highest BCUT2D eigenvalue weighted by Crippen LogP contribution is 2.38. The van der Waals surface area contributed by atoms with Gasteiger partial charge in [-0.05, 0) is 45.4 Å². The minimum absolute atomic E-state index is 0.0814. The molecule has 2 aliphatic heterocycles. The van der Waals surface area contributed by atoms with Gasteiger partial charge in [-0.2, -0.15) is 0 Å². The average Bonchev–Trinajstić information content (AvgIpc) is 2.85. The third kappa shape index (κ3) is 3.32. The molecule has 0 bridgehead atoms. The zero-order valence-corrected chi connectivity index (χ0v) is 12.4. The molecule has 0 amide bonds. The Morgan fingerprint density at radius 3 is 2.58 bits per heavy atom. The number of nitrogens with one attached hydrogen (secondary N) is 1. The molecule has 19 heavy (non-hydrogen) atoms. The lowest BCUT2D eigenvalue weighted by molar-refractivity contribution is -0.110. The van der Waals surface area contributed by atoms with Crippen LogP contribution in [-0.4, -0.2) is 37.0 Å². The summed E-state index contributed by atoms with van der Waals surface area (Å²) in [6.45, 7) is 5.14. The van der Waals surface area contributed by atoms with Crippen molar-refractivity contribution >= 4 is 0 Å². The molecular formula is C16H29NO2. The van der Waals surface area contributed by atoms with E-state index in [0.717, 1.165) is 26.2 Å². The Morgan fingerprint density at radius 2 is 1.84 bits per heavy atom. The molecule has 0 radical (unpaired) electrons. The fourth-order valence-electron chi connectivity index (χ4n) is 4.08. The molecule has 1 saturated carbocycles. The molecule has 2 atom stereocenters. The Kier molecular flexibility index (Phi) is 4.16. The first-order valence-electron chi connectivity index (χ1n) is 8.21. The van der Waals surface area contributed by atoms with Gasteiger partial charge in [0.15, 0.2) is 0 Å². The lowest BCUT2D eigenvalue weighted by atomic mass is 9.78. The van der Waals surface area contributed by atoms with Gasteiger partial charge in [0.1, 0.15) is 0 Å². The predicted molar refractivity (Wildman–Crippen MR) is 76.4 cm³/mol. The summed E-state index contributed by atoms with van der Waals surface area (Å²) in [6, 6.07) is 0.632. The van der Waals surface area contributed by atoms with Crippen LogP contribution in [-0.2, 0) is 9.47 Å². The van der Waals surface area contributed by atoms with Crippen molar-refractivity contribution in [1.29, 1.82) is 0 Å². The maximum absolute atomic E-state index is 6.16. The molecule has 1 aliphatic carbocycles. The van der Waals surface area contributed by atoms with E-state index in [2.05, 4.69) is 12.2 Å². The van der Waals surface area contributed by atoms with Crippen molar-refractivity contribution in [1.82, 2.24) is 5.32 Å². The molecule has 3 rings (SSSR count). The Labute approximate surface area is 117 Å². The summed E-state index contributed by atoms with van der Waals surface area (Å²) in [7, 11) is 0. The second-order valence-electron chi connectivity index (χ2n) is 7.06. The van der Waals surface area contributed by atoms with Gasteiger partial charge in [0.05, 0.1) is 11.2 Å². The third-order valence-corrected chi connectivity index (χ3v) is 5.32. The highest BCUT2D eigenvalue weighted by Gasteiger charge is 2.39. The van der Waals surface area contributed by atoms with Crippen LogP contribution in [0.5, 0.6) is 0 Å². The summed E-state index contributed by atoms with van der Waals surface area (Å²) in [5.41, 5.74) is 0.295. The Hall–Kier alpha value is -0.120. The van der Waals surface area contributed by atoms with Crippen molar-refractivity contribution in [2.24, 2.45) is 0 Å². The van der Waals surface area contributed by atoms with Gasteiger partial charge in [0, 0.05) is 25.8 Å². The molecule has 2 saturated heterocycles. The lowest BCUT2D eigenvalue weighted by Gasteiger charge is -2.44. The van der Waals surface area contributed by atoms with Crippen molar-refractivity contribution in [3.63, 3.8) is 0 Å². The van der Waals surface area contributed by atoms with Gasteiger partial charge in [-0.3, -0.25) is 0 Å². The van der Waals surface area contributed by atoms with E-state index in [1.165, 1.54) is 51.4 Å². The zero-order valence-electron chi connectivity index (χ0n) is 12.4. The standard InChI is InChI=1S/C16H29NO2/c1-15(7-5-10-18-15)13-17-14-6-11-19-16(12-14)8-3-2-4-9-16/h14,17H,2-13H2,1H3. The van der Waals surface area contributed by atoms with Crippen LogP contribution >= 0.6 is 0 Å². The quantitative estimate of drug-likeness (QED) is 0.852. The van der Waals surface area contributed by atoms with E-state index in [4.69, 9.17) is 9.47 Å². The van der Waals surface area contributed by atoms with Crippen LogP contribution in [0.25, 0.3) is 0 Å². The van der Waals surface area contributed by atoms with Gasteiger partial charge in [0.2, 0.25) is 0 Å². The maximum atomic E-state index is 6.16. The second-order valence-corrected chi connectivity index (χ2v) is 7.06. The molecule has 2 unspecified atom stereocenters. The number of hydrogen-bond donors (Lipinski definition) is 1. The molecule has 0 aromatic heterocycles. The minimum atomic E-state index is 0.0814. The maximum Gasteiger partial charge on any atom is 0.0779 e. The summed E-state index contributed by atoms with van der Waals surface area (Å²) in [6.07, 6.45) is 11.5. The predicted octanol–water partition coefficient (Wildman–Crippen LogP) is 3.03. The first-order valence-corrected chi connectivity index (χ1v) is 8.21. The number of hydrogen-bond acceptors (Lipinski definition) is 3. The Bertz CT molecular complexity index is 288. The Balaban J connectivity index is 1.50. The number of rotatable bonds is 3. The molecule has 1 N–H and O–H groups in total. The van der Waals surface area contributed by atoms with Crippen molar-refractivity contribution in [3.8, 4) is 0 Å². The molecule has 3 nitrogen and oxygen atoms in total. The van der Waals surface area contributed by atoms with Crippen LogP contribution in [0.1, 0.15) is 64.7 Å². The lowest BCUT2D eigenvalue weighted by Crippen LogP contribution is -2.51. The fraction of sp³-hybridized carbons (Fsp3) is 1.00. The van der Waals surface area contributed by atoms with E-state index in [9.17, 15) is 0 Å². The first-order chi connectivity index (χ1) is 9.20. The van der Waals surface area contributed by atoms with Crippen molar-refractivity contribution < 1.29 is 9.47 Å². The Morgan fingerprint density at radius 1 is 1.00 bits per heavy atom. The minimum Gasteiger partial charge on any atom is -0.375 e.